The highest BCUT2D eigenvalue weighted by Gasteiger charge is 2.61. The van der Waals surface area contributed by atoms with Crippen molar-refractivity contribution in [1.82, 2.24) is 14.5 Å². The first-order valence-electron chi connectivity index (χ1n) is 12.4. The molecule has 0 atom stereocenters. The first kappa shape index (κ1) is 22.9. The van der Waals surface area contributed by atoms with E-state index < -0.39 is 11.5 Å². The van der Waals surface area contributed by atoms with Crippen LogP contribution in [-0.2, 0) is 23.3 Å². The van der Waals surface area contributed by atoms with E-state index >= 15 is 0 Å². The first-order chi connectivity index (χ1) is 17.4. The summed E-state index contributed by atoms with van der Waals surface area (Å²) in [6.45, 7) is 0.916. The number of amides is 2. The van der Waals surface area contributed by atoms with Crippen molar-refractivity contribution in [2.45, 2.75) is 69.1 Å². The summed E-state index contributed by atoms with van der Waals surface area (Å²) in [6.07, 6.45) is 3.05. The summed E-state index contributed by atoms with van der Waals surface area (Å²) in [5.41, 5.74) is 2.83. The molecular formula is C27H26ClN5O3. The number of unbranched alkanes of at least 4 members (excludes halogenated alkanes) is 1. The van der Waals surface area contributed by atoms with Gasteiger partial charge in [0.05, 0.1) is 29.1 Å². The third kappa shape index (κ3) is 3.53. The summed E-state index contributed by atoms with van der Waals surface area (Å²) < 4.78 is 2.08. The van der Waals surface area contributed by atoms with Crippen LogP contribution < -0.4 is 4.90 Å². The van der Waals surface area contributed by atoms with Crippen molar-refractivity contribution in [3.8, 4) is 6.07 Å². The molecule has 3 aromatic rings. The van der Waals surface area contributed by atoms with Crippen molar-refractivity contribution in [3.63, 3.8) is 0 Å². The number of carbonyl (C=O) groups excluding carboxylic acids is 1. The third-order valence-electron chi connectivity index (χ3n) is 7.85. The van der Waals surface area contributed by atoms with Gasteiger partial charge in [-0.05, 0) is 61.9 Å². The summed E-state index contributed by atoms with van der Waals surface area (Å²) in [5.74, 6) is 0.751. The van der Waals surface area contributed by atoms with E-state index in [1.165, 1.54) is 0 Å². The fourth-order valence-electron chi connectivity index (χ4n) is 6.03. The fourth-order valence-corrected chi connectivity index (χ4v) is 6.20. The molecule has 2 saturated carbocycles. The molecule has 2 heterocycles. The molecule has 36 heavy (non-hydrogen) atoms. The van der Waals surface area contributed by atoms with Crippen LogP contribution in [0.15, 0.2) is 42.5 Å². The number of imidazole rings is 1. The number of carbonyl (C=O) groups is 2. The third-order valence-corrected chi connectivity index (χ3v) is 8.08. The van der Waals surface area contributed by atoms with Crippen LogP contribution in [0.1, 0.15) is 49.9 Å². The smallest absolute Gasteiger partial charge is 0.407 e. The summed E-state index contributed by atoms with van der Waals surface area (Å²) >= 11 is 6.22. The van der Waals surface area contributed by atoms with E-state index in [1.807, 2.05) is 42.5 Å². The lowest BCUT2D eigenvalue weighted by atomic mass is 9.61. The van der Waals surface area contributed by atoms with Gasteiger partial charge in [0.15, 0.2) is 0 Å². The number of halogens is 1. The molecule has 0 bridgehead atoms. The van der Waals surface area contributed by atoms with Crippen molar-refractivity contribution >= 4 is 40.3 Å². The first-order valence-corrected chi connectivity index (χ1v) is 12.7. The summed E-state index contributed by atoms with van der Waals surface area (Å²) in [5, 5.41) is 19.4. The van der Waals surface area contributed by atoms with E-state index in [0.29, 0.717) is 43.8 Å². The molecule has 2 aliphatic carbocycles. The molecule has 0 unspecified atom stereocenters. The number of aromatic nitrogens is 2. The Morgan fingerprint density at radius 1 is 1.22 bits per heavy atom. The zero-order chi connectivity index (χ0) is 25.0. The molecular weight excluding hydrogens is 478 g/mol. The maximum atomic E-state index is 14.0. The minimum atomic E-state index is -0.891. The average Bonchev–Trinajstić information content (AvgIpc) is 3.56. The summed E-state index contributed by atoms with van der Waals surface area (Å²) in [6, 6.07) is 15.6. The second kappa shape index (κ2) is 8.52. The number of fused-ring (bicyclic) bond motifs is 3. The van der Waals surface area contributed by atoms with Crippen LogP contribution in [0.4, 0.5) is 10.5 Å². The van der Waals surface area contributed by atoms with Crippen LogP contribution in [0.25, 0.3) is 11.0 Å². The van der Waals surface area contributed by atoms with Crippen LogP contribution >= 0.6 is 11.6 Å². The Bertz CT molecular complexity index is 1420. The Balaban J connectivity index is 1.33. The Labute approximate surface area is 213 Å². The molecule has 184 valence electrons. The summed E-state index contributed by atoms with van der Waals surface area (Å²) in [7, 11) is 0. The maximum Gasteiger partial charge on any atom is 0.407 e. The van der Waals surface area contributed by atoms with E-state index in [4.69, 9.17) is 21.8 Å². The predicted octanol–water partition coefficient (Wildman–Crippen LogP) is 5.08. The molecule has 1 N–H and O–H groups in total. The maximum absolute atomic E-state index is 14.0. The van der Waals surface area contributed by atoms with Gasteiger partial charge in [-0.2, -0.15) is 5.26 Å². The number of nitriles is 1. The minimum Gasteiger partial charge on any atom is -0.465 e. The van der Waals surface area contributed by atoms with E-state index in [-0.39, 0.29) is 18.0 Å². The van der Waals surface area contributed by atoms with Gasteiger partial charge < -0.3 is 19.5 Å². The number of hydrogen-bond donors (Lipinski definition) is 1. The van der Waals surface area contributed by atoms with E-state index in [0.717, 1.165) is 41.0 Å². The Kier molecular flexibility index (Phi) is 5.41. The van der Waals surface area contributed by atoms with Crippen molar-refractivity contribution < 1.29 is 14.7 Å². The Morgan fingerprint density at radius 3 is 2.72 bits per heavy atom. The van der Waals surface area contributed by atoms with Crippen molar-refractivity contribution in [2.24, 2.45) is 0 Å². The highest BCUT2D eigenvalue weighted by atomic mass is 35.5. The molecule has 1 aliphatic heterocycles. The standard InChI is InChI=1S/C27H26ClN5O3/c28-17-7-10-23-21(13-17)30-24(31(23)12-4-3-11-29)16-32-22-6-2-1-5-20(22)27(25(32)34)14-19(15-27)33(26(35)36)18-8-9-18/h1-2,5-7,10,13,18-19H,3-4,8-9,12,14-16H2,(H,35,36). The van der Waals surface area contributed by atoms with Gasteiger partial charge in [0, 0.05) is 35.8 Å². The molecule has 2 aromatic carbocycles. The number of hydrogen-bond acceptors (Lipinski definition) is 4. The number of rotatable bonds is 7. The van der Waals surface area contributed by atoms with E-state index in [2.05, 4.69) is 10.6 Å². The topological polar surface area (TPSA) is 102 Å². The van der Waals surface area contributed by atoms with Crippen LogP contribution in [0, 0.1) is 11.3 Å². The van der Waals surface area contributed by atoms with Gasteiger partial charge in [0.1, 0.15) is 5.82 Å². The number of benzene rings is 2. The van der Waals surface area contributed by atoms with Crippen LogP contribution in [0.2, 0.25) is 5.02 Å². The zero-order valence-corrected chi connectivity index (χ0v) is 20.5. The monoisotopic (exact) mass is 503 g/mol. The molecule has 6 rings (SSSR count). The SMILES string of the molecule is N#CCCCn1c(CN2C(=O)C3(CC(N(C(=O)O)C4CC4)C3)c3ccccc32)nc2cc(Cl)ccc21. The molecule has 1 spiro atoms. The van der Waals surface area contributed by atoms with Crippen molar-refractivity contribution in [1.29, 1.82) is 5.26 Å². The van der Waals surface area contributed by atoms with Crippen LogP contribution in [0.5, 0.6) is 0 Å². The molecule has 9 heteroatoms. The molecule has 8 nitrogen and oxygen atoms in total. The number of nitrogens with zero attached hydrogens (tertiary/aromatic N) is 5. The quantitative estimate of drug-likeness (QED) is 0.453. The average molecular weight is 504 g/mol. The molecule has 0 saturated heterocycles. The van der Waals surface area contributed by atoms with Crippen LogP contribution in [-0.4, -0.2) is 43.6 Å². The molecule has 3 aliphatic rings. The molecule has 0 radical (unpaired) electrons. The highest BCUT2D eigenvalue weighted by Crippen LogP contribution is 2.56. The van der Waals surface area contributed by atoms with Gasteiger partial charge in [-0.3, -0.25) is 4.79 Å². The van der Waals surface area contributed by atoms with Gasteiger partial charge in [0.25, 0.3) is 0 Å². The number of anilines is 1. The van der Waals surface area contributed by atoms with Crippen LogP contribution in [0.3, 0.4) is 0 Å². The van der Waals surface area contributed by atoms with Gasteiger partial charge in [-0.15, -0.1) is 0 Å². The molecule has 2 fully saturated rings. The predicted molar refractivity (Wildman–Crippen MR) is 135 cm³/mol. The van der Waals surface area contributed by atoms with E-state index in [1.54, 1.807) is 9.80 Å². The van der Waals surface area contributed by atoms with Gasteiger partial charge in [0.2, 0.25) is 5.91 Å². The second-order valence-corrected chi connectivity index (χ2v) is 10.5. The highest BCUT2D eigenvalue weighted by molar-refractivity contribution is 6.31. The number of para-hydroxylation sites is 1. The Morgan fingerprint density at radius 2 is 2.00 bits per heavy atom. The number of carboxylic acid groups (broad SMARTS) is 1. The molecule has 2 amide bonds. The van der Waals surface area contributed by atoms with Gasteiger partial charge in [-0.25, -0.2) is 9.78 Å². The van der Waals surface area contributed by atoms with Gasteiger partial charge in [-0.1, -0.05) is 29.8 Å². The normalized spacial score (nSPS) is 22.5. The van der Waals surface area contributed by atoms with Gasteiger partial charge >= 0.3 is 6.09 Å². The zero-order valence-electron chi connectivity index (χ0n) is 19.7. The minimum absolute atomic E-state index is 0.00903. The lowest BCUT2D eigenvalue weighted by Crippen LogP contribution is -2.59. The van der Waals surface area contributed by atoms with Crippen molar-refractivity contribution in [2.75, 3.05) is 4.90 Å². The Hall–Kier alpha value is -3.57. The lowest BCUT2D eigenvalue weighted by molar-refractivity contribution is -0.128. The van der Waals surface area contributed by atoms with Crippen molar-refractivity contribution in [3.05, 3.63) is 58.9 Å². The summed E-state index contributed by atoms with van der Waals surface area (Å²) in [4.78, 5) is 34.1. The second-order valence-electron chi connectivity index (χ2n) is 10.0. The number of aryl methyl sites for hydroxylation is 1. The lowest BCUT2D eigenvalue weighted by Gasteiger charge is -2.48. The largest absolute Gasteiger partial charge is 0.465 e. The van der Waals surface area contributed by atoms with E-state index in [9.17, 15) is 14.7 Å². The molecule has 1 aromatic heterocycles. The fraction of sp³-hybridized carbons (Fsp3) is 0.407.